The summed E-state index contributed by atoms with van der Waals surface area (Å²) in [5, 5.41) is 3.62. The molecule has 0 aliphatic heterocycles. The monoisotopic (exact) mass is 281 g/mol. The Morgan fingerprint density at radius 3 is 2.75 bits per heavy atom. The second kappa shape index (κ2) is 10.9. The van der Waals surface area contributed by atoms with Crippen LogP contribution in [0.5, 0.6) is 0 Å². The van der Waals surface area contributed by atoms with E-state index in [0.717, 1.165) is 58.4 Å². The highest BCUT2D eigenvalue weighted by Crippen LogP contribution is 2.06. The van der Waals surface area contributed by atoms with E-state index < -0.39 is 0 Å². The van der Waals surface area contributed by atoms with Crippen LogP contribution in [-0.4, -0.2) is 35.4 Å². The number of ether oxygens (including phenoxy) is 1. The molecule has 0 amide bonds. The molecule has 0 saturated heterocycles. The van der Waals surface area contributed by atoms with Gasteiger partial charge in [0.2, 0.25) is 0 Å². The van der Waals surface area contributed by atoms with Gasteiger partial charge in [0, 0.05) is 44.6 Å². The third-order valence-electron chi connectivity index (χ3n) is 3.34. The van der Waals surface area contributed by atoms with Crippen LogP contribution in [0, 0.1) is 0 Å². The Balaban J connectivity index is 2.47. The van der Waals surface area contributed by atoms with Gasteiger partial charge in [0.25, 0.3) is 0 Å². The number of aryl methyl sites for hydroxylation is 1. The molecule has 0 aliphatic carbocycles. The number of imidazole rings is 1. The van der Waals surface area contributed by atoms with Crippen LogP contribution in [0.15, 0.2) is 12.4 Å². The molecule has 0 aliphatic rings. The zero-order valence-corrected chi connectivity index (χ0v) is 13.4. The molecule has 116 valence electrons. The summed E-state index contributed by atoms with van der Waals surface area (Å²) in [5.74, 6) is 1.19. The molecule has 1 aromatic rings. The Morgan fingerprint density at radius 1 is 1.20 bits per heavy atom. The van der Waals surface area contributed by atoms with E-state index in [4.69, 9.17) is 4.74 Å². The van der Waals surface area contributed by atoms with Crippen LogP contribution < -0.4 is 5.32 Å². The maximum Gasteiger partial charge on any atom is 0.110 e. The van der Waals surface area contributed by atoms with E-state index in [2.05, 4.69) is 41.8 Å². The van der Waals surface area contributed by atoms with Gasteiger partial charge in [0.15, 0.2) is 0 Å². The van der Waals surface area contributed by atoms with Crippen molar-refractivity contribution in [3.05, 3.63) is 18.2 Å². The first kappa shape index (κ1) is 17.2. The summed E-state index contributed by atoms with van der Waals surface area (Å²) < 4.78 is 7.89. The average Bonchev–Trinajstić information content (AvgIpc) is 2.88. The van der Waals surface area contributed by atoms with E-state index >= 15 is 0 Å². The molecule has 1 rings (SSSR count). The zero-order valence-electron chi connectivity index (χ0n) is 13.4. The van der Waals surface area contributed by atoms with Gasteiger partial charge in [-0.15, -0.1) is 0 Å². The molecule has 0 fully saturated rings. The molecule has 1 unspecified atom stereocenters. The van der Waals surface area contributed by atoms with Gasteiger partial charge < -0.3 is 14.6 Å². The molecule has 20 heavy (non-hydrogen) atoms. The van der Waals surface area contributed by atoms with E-state index in [-0.39, 0.29) is 0 Å². The van der Waals surface area contributed by atoms with Crippen molar-refractivity contribution < 1.29 is 4.74 Å². The lowest BCUT2D eigenvalue weighted by Crippen LogP contribution is -2.34. The predicted octanol–water partition coefficient (Wildman–Crippen LogP) is 3.02. The Bertz CT molecular complexity index is 338. The number of rotatable bonds is 12. The molecule has 1 N–H and O–H groups in total. The van der Waals surface area contributed by atoms with Gasteiger partial charge in [-0.25, -0.2) is 4.98 Å². The summed E-state index contributed by atoms with van der Waals surface area (Å²) in [6, 6.07) is 0.463. The van der Waals surface area contributed by atoms with Crippen molar-refractivity contribution in [2.24, 2.45) is 0 Å². The number of hydrogen-bond donors (Lipinski definition) is 1. The fourth-order valence-electron chi connectivity index (χ4n) is 2.29. The first-order valence-electron chi connectivity index (χ1n) is 8.12. The Hall–Kier alpha value is -0.870. The van der Waals surface area contributed by atoms with Gasteiger partial charge >= 0.3 is 0 Å². The van der Waals surface area contributed by atoms with Crippen LogP contribution in [0.1, 0.15) is 52.3 Å². The molecule has 1 aromatic heterocycles. The van der Waals surface area contributed by atoms with Gasteiger partial charge in [-0.2, -0.15) is 0 Å². The van der Waals surface area contributed by atoms with Crippen molar-refractivity contribution in [3.8, 4) is 0 Å². The van der Waals surface area contributed by atoms with E-state index in [1.807, 2.05) is 6.20 Å². The standard InChI is InChI=1S/C16H31N3O/c1-4-8-17-15(7-13-20-12-6-3)14-16-18-9-11-19(16)10-5-2/h9,11,15,17H,4-8,10,12-14H2,1-3H3. The predicted molar refractivity (Wildman–Crippen MR) is 84.0 cm³/mol. The van der Waals surface area contributed by atoms with Crippen LogP contribution in [-0.2, 0) is 17.7 Å². The Labute approximate surface area is 123 Å². The number of hydrogen-bond acceptors (Lipinski definition) is 3. The van der Waals surface area contributed by atoms with Crippen molar-refractivity contribution in [1.82, 2.24) is 14.9 Å². The topological polar surface area (TPSA) is 39.1 Å². The van der Waals surface area contributed by atoms with Crippen LogP contribution >= 0.6 is 0 Å². The number of aromatic nitrogens is 2. The highest BCUT2D eigenvalue weighted by atomic mass is 16.5. The number of nitrogens with zero attached hydrogens (tertiary/aromatic N) is 2. The van der Waals surface area contributed by atoms with Crippen LogP contribution in [0.4, 0.5) is 0 Å². The first-order chi connectivity index (χ1) is 9.81. The normalized spacial score (nSPS) is 12.8. The molecule has 0 spiro atoms. The minimum Gasteiger partial charge on any atom is -0.381 e. The SMILES string of the molecule is CCCNC(CCOCCC)Cc1nccn1CCC. The summed E-state index contributed by atoms with van der Waals surface area (Å²) in [6.07, 6.45) is 9.44. The summed E-state index contributed by atoms with van der Waals surface area (Å²) >= 11 is 0. The zero-order chi connectivity index (χ0) is 14.6. The van der Waals surface area contributed by atoms with Gasteiger partial charge in [-0.1, -0.05) is 20.8 Å². The van der Waals surface area contributed by atoms with Gasteiger partial charge in [-0.3, -0.25) is 0 Å². The molecule has 0 aromatic carbocycles. The van der Waals surface area contributed by atoms with Crippen LogP contribution in [0.3, 0.4) is 0 Å². The van der Waals surface area contributed by atoms with Gasteiger partial charge in [0.05, 0.1) is 0 Å². The summed E-state index contributed by atoms with van der Waals surface area (Å²) in [4.78, 5) is 4.51. The quantitative estimate of drug-likeness (QED) is 0.599. The van der Waals surface area contributed by atoms with Crippen molar-refractivity contribution in [2.75, 3.05) is 19.8 Å². The molecule has 1 atom stereocenters. The third-order valence-corrected chi connectivity index (χ3v) is 3.34. The van der Waals surface area contributed by atoms with E-state index in [9.17, 15) is 0 Å². The summed E-state index contributed by atoms with van der Waals surface area (Å²) in [6.45, 7) is 10.4. The average molecular weight is 281 g/mol. The van der Waals surface area contributed by atoms with Gasteiger partial charge in [-0.05, 0) is 32.2 Å². The molecule has 4 heteroatoms. The van der Waals surface area contributed by atoms with Crippen molar-refractivity contribution >= 4 is 0 Å². The maximum absolute atomic E-state index is 5.62. The smallest absolute Gasteiger partial charge is 0.110 e. The minimum atomic E-state index is 0.463. The minimum absolute atomic E-state index is 0.463. The molecule has 0 radical (unpaired) electrons. The van der Waals surface area contributed by atoms with Crippen molar-refractivity contribution in [3.63, 3.8) is 0 Å². The van der Waals surface area contributed by atoms with E-state index in [1.54, 1.807) is 0 Å². The highest BCUT2D eigenvalue weighted by molar-refractivity contribution is 4.95. The summed E-state index contributed by atoms with van der Waals surface area (Å²) in [5.41, 5.74) is 0. The Kier molecular flexibility index (Phi) is 9.33. The third kappa shape index (κ3) is 6.53. The highest BCUT2D eigenvalue weighted by Gasteiger charge is 2.12. The van der Waals surface area contributed by atoms with E-state index in [0.29, 0.717) is 6.04 Å². The fraction of sp³-hybridized carbons (Fsp3) is 0.812. The Morgan fingerprint density at radius 2 is 2.05 bits per heavy atom. The maximum atomic E-state index is 5.62. The molecule has 0 bridgehead atoms. The summed E-state index contributed by atoms with van der Waals surface area (Å²) in [7, 11) is 0. The molecule has 1 heterocycles. The van der Waals surface area contributed by atoms with Crippen molar-refractivity contribution in [2.45, 2.75) is 65.5 Å². The molecular formula is C16H31N3O. The first-order valence-corrected chi connectivity index (χ1v) is 8.12. The fourth-order valence-corrected chi connectivity index (χ4v) is 2.29. The lowest BCUT2D eigenvalue weighted by atomic mass is 10.1. The molecule has 4 nitrogen and oxygen atoms in total. The second-order valence-electron chi connectivity index (χ2n) is 5.29. The second-order valence-corrected chi connectivity index (χ2v) is 5.29. The molecular weight excluding hydrogens is 250 g/mol. The lowest BCUT2D eigenvalue weighted by Gasteiger charge is -2.19. The van der Waals surface area contributed by atoms with Gasteiger partial charge in [0.1, 0.15) is 5.82 Å². The van der Waals surface area contributed by atoms with Crippen LogP contribution in [0.2, 0.25) is 0 Å². The van der Waals surface area contributed by atoms with Crippen molar-refractivity contribution in [1.29, 1.82) is 0 Å². The van der Waals surface area contributed by atoms with Crippen LogP contribution in [0.25, 0.3) is 0 Å². The number of nitrogens with one attached hydrogen (secondary N) is 1. The largest absolute Gasteiger partial charge is 0.381 e. The lowest BCUT2D eigenvalue weighted by molar-refractivity contribution is 0.124. The van der Waals surface area contributed by atoms with E-state index in [1.165, 1.54) is 5.82 Å². The molecule has 0 saturated carbocycles.